The van der Waals surface area contributed by atoms with Gasteiger partial charge in [0.1, 0.15) is 6.10 Å². The van der Waals surface area contributed by atoms with Crippen LogP contribution in [-0.4, -0.2) is 23.2 Å². The fourth-order valence-electron chi connectivity index (χ4n) is 1.96. The number of ether oxygens (including phenoxy) is 1. The highest BCUT2D eigenvalue weighted by Crippen LogP contribution is 2.22. The Morgan fingerprint density at radius 3 is 2.93 bits per heavy atom. The molecule has 0 aliphatic carbocycles. The molecule has 2 rings (SSSR count). The van der Waals surface area contributed by atoms with Crippen LogP contribution in [-0.2, 0) is 16.1 Å². The second kappa shape index (κ2) is 4.46. The van der Waals surface area contributed by atoms with Gasteiger partial charge in [-0.2, -0.15) is 0 Å². The number of amides is 1. The molecule has 15 heavy (non-hydrogen) atoms. The molecule has 0 saturated carbocycles. The van der Waals surface area contributed by atoms with Crippen LogP contribution in [0, 0.1) is 5.92 Å². The molecule has 5 nitrogen and oxygen atoms in total. The van der Waals surface area contributed by atoms with E-state index in [-0.39, 0.29) is 11.8 Å². The first-order valence-corrected chi connectivity index (χ1v) is 5.04. The van der Waals surface area contributed by atoms with Crippen molar-refractivity contribution in [2.45, 2.75) is 19.1 Å². The summed E-state index contributed by atoms with van der Waals surface area (Å²) in [6.45, 7) is 1.43. The molecule has 0 aromatic carbocycles. The van der Waals surface area contributed by atoms with Gasteiger partial charge < -0.3 is 9.30 Å². The Kier molecular flexibility index (Phi) is 3.03. The number of hydrogen-bond acceptors (Lipinski definition) is 3. The Morgan fingerprint density at radius 1 is 1.53 bits per heavy atom. The van der Waals surface area contributed by atoms with Crippen molar-refractivity contribution in [2.24, 2.45) is 11.8 Å². The van der Waals surface area contributed by atoms with E-state index in [9.17, 15) is 4.79 Å². The number of hydrazine groups is 1. The number of nitrogens with two attached hydrogens (primary N) is 1. The molecule has 2 heterocycles. The highest BCUT2D eigenvalue weighted by Gasteiger charge is 2.33. The van der Waals surface area contributed by atoms with Gasteiger partial charge in [0.2, 0.25) is 0 Å². The quantitative estimate of drug-likeness (QED) is 0.414. The van der Waals surface area contributed by atoms with Gasteiger partial charge in [0, 0.05) is 31.5 Å². The summed E-state index contributed by atoms with van der Waals surface area (Å²) < 4.78 is 7.41. The van der Waals surface area contributed by atoms with Crippen molar-refractivity contribution >= 4 is 5.91 Å². The minimum atomic E-state index is -0.405. The highest BCUT2D eigenvalue weighted by molar-refractivity contribution is 5.80. The topological polar surface area (TPSA) is 69.3 Å². The SMILES string of the molecule is NNC(=O)[C@@H]1OCC[C@@H]1Cn1cccc1. The molecule has 1 aliphatic rings. The second-order valence-corrected chi connectivity index (χ2v) is 3.73. The molecule has 3 N–H and O–H groups in total. The molecule has 2 atom stereocenters. The van der Waals surface area contributed by atoms with Crippen molar-refractivity contribution in [3.8, 4) is 0 Å². The van der Waals surface area contributed by atoms with E-state index in [0.29, 0.717) is 6.61 Å². The molecule has 1 saturated heterocycles. The molecule has 0 unspecified atom stereocenters. The average Bonchev–Trinajstić information content (AvgIpc) is 2.88. The van der Waals surface area contributed by atoms with E-state index in [0.717, 1.165) is 13.0 Å². The standard InChI is InChI=1S/C10H15N3O2/c11-12-10(14)9-8(3-6-15-9)7-13-4-1-2-5-13/h1-2,4-5,8-9H,3,6-7,11H2,(H,12,14)/t8-,9-/m1/s1. The zero-order valence-electron chi connectivity index (χ0n) is 8.43. The predicted octanol–water partition coefficient (Wildman–Crippen LogP) is -0.117. The van der Waals surface area contributed by atoms with Crippen LogP contribution in [0.5, 0.6) is 0 Å². The number of rotatable bonds is 3. The van der Waals surface area contributed by atoms with Gasteiger partial charge in [-0.05, 0) is 18.6 Å². The summed E-state index contributed by atoms with van der Waals surface area (Å²) in [5.74, 6) is 5.08. The van der Waals surface area contributed by atoms with Gasteiger partial charge >= 0.3 is 0 Å². The Bertz CT molecular complexity index is 323. The molecular formula is C10H15N3O2. The van der Waals surface area contributed by atoms with Gasteiger partial charge in [-0.3, -0.25) is 10.2 Å². The Hall–Kier alpha value is -1.33. The van der Waals surface area contributed by atoms with Crippen LogP contribution in [0.15, 0.2) is 24.5 Å². The summed E-state index contributed by atoms with van der Waals surface area (Å²) in [7, 11) is 0. The Balaban J connectivity index is 1.99. The van der Waals surface area contributed by atoms with Crippen LogP contribution >= 0.6 is 0 Å². The van der Waals surface area contributed by atoms with E-state index >= 15 is 0 Å². The first kappa shape index (κ1) is 10.2. The van der Waals surface area contributed by atoms with Crippen molar-refractivity contribution in [1.29, 1.82) is 0 Å². The van der Waals surface area contributed by atoms with Crippen LogP contribution in [0.4, 0.5) is 0 Å². The normalized spacial score (nSPS) is 25.4. The van der Waals surface area contributed by atoms with Crippen molar-refractivity contribution < 1.29 is 9.53 Å². The molecule has 5 heteroatoms. The van der Waals surface area contributed by atoms with Gasteiger partial charge in [0.05, 0.1) is 0 Å². The van der Waals surface area contributed by atoms with E-state index in [4.69, 9.17) is 10.6 Å². The van der Waals surface area contributed by atoms with E-state index in [1.54, 1.807) is 0 Å². The minimum Gasteiger partial charge on any atom is -0.368 e. The Labute approximate surface area is 88.2 Å². The molecule has 82 valence electrons. The maximum absolute atomic E-state index is 11.4. The van der Waals surface area contributed by atoms with Crippen LogP contribution in [0.25, 0.3) is 0 Å². The van der Waals surface area contributed by atoms with Gasteiger partial charge in [-0.25, -0.2) is 5.84 Å². The number of hydrogen-bond donors (Lipinski definition) is 2. The van der Waals surface area contributed by atoms with Crippen LogP contribution < -0.4 is 11.3 Å². The zero-order valence-corrected chi connectivity index (χ0v) is 8.43. The number of carbonyl (C=O) groups is 1. The summed E-state index contributed by atoms with van der Waals surface area (Å²) in [5, 5.41) is 0. The predicted molar refractivity (Wildman–Crippen MR) is 54.6 cm³/mol. The third-order valence-corrected chi connectivity index (χ3v) is 2.73. The van der Waals surface area contributed by atoms with Crippen molar-refractivity contribution in [3.63, 3.8) is 0 Å². The highest BCUT2D eigenvalue weighted by atomic mass is 16.5. The van der Waals surface area contributed by atoms with Gasteiger partial charge in [-0.15, -0.1) is 0 Å². The minimum absolute atomic E-state index is 0.209. The largest absolute Gasteiger partial charge is 0.368 e. The molecule has 1 amide bonds. The van der Waals surface area contributed by atoms with E-state index in [2.05, 4.69) is 9.99 Å². The molecular weight excluding hydrogens is 194 g/mol. The first-order chi connectivity index (χ1) is 7.31. The van der Waals surface area contributed by atoms with Crippen LogP contribution in [0.3, 0.4) is 0 Å². The molecule has 1 aromatic heterocycles. The van der Waals surface area contributed by atoms with Crippen molar-refractivity contribution in [2.75, 3.05) is 6.61 Å². The molecule has 0 radical (unpaired) electrons. The van der Waals surface area contributed by atoms with Gasteiger partial charge in [-0.1, -0.05) is 0 Å². The number of nitrogens with one attached hydrogen (secondary N) is 1. The average molecular weight is 209 g/mol. The molecule has 0 spiro atoms. The summed E-state index contributed by atoms with van der Waals surface area (Å²) in [6, 6.07) is 3.93. The number of carbonyl (C=O) groups excluding carboxylic acids is 1. The van der Waals surface area contributed by atoms with Crippen LogP contribution in [0.2, 0.25) is 0 Å². The molecule has 0 bridgehead atoms. The molecule has 1 aliphatic heterocycles. The zero-order chi connectivity index (χ0) is 10.7. The monoisotopic (exact) mass is 209 g/mol. The van der Waals surface area contributed by atoms with Crippen molar-refractivity contribution in [3.05, 3.63) is 24.5 Å². The number of aromatic nitrogens is 1. The summed E-state index contributed by atoms with van der Waals surface area (Å²) in [6.07, 6.45) is 4.46. The fraction of sp³-hybridized carbons (Fsp3) is 0.500. The summed E-state index contributed by atoms with van der Waals surface area (Å²) in [5.41, 5.74) is 2.14. The van der Waals surface area contributed by atoms with Gasteiger partial charge in [0.15, 0.2) is 0 Å². The van der Waals surface area contributed by atoms with Gasteiger partial charge in [0.25, 0.3) is 5.91 Å². The summed E-state index contributed by atoms with van der Waals surface area (Å²) >= 11 is 0. The lowest BCUT2D eigenvalue weighted by atomic mass is 10.0. The lowest BCUT2D eigenvalue weighted by Crippen LogP contribution is -2.42. The van der Waals surface area contributed by atoms with Crippen molar-refractivity contribution in [1.82, 2.24) is 9.99 Å². The summed E-state index contributed by atoms with van der Waals surface area (Å²) in [4.78, 5) is 11.4. The maximum atomic E-state index is 11.4. The molecule has 1 fully saturated rings. The van der Waals surface area contributed by atoms with E-state index in [1.807, 2.05) is 24.5 Å². The molecule has 1 aromatic rings. The maximum Gasteiger partial charge on any atom is 0.263 e. The fourth-order valence-corrected chi connectivity index (χ4v) is 1.96. The first-order valence-electron chi connectivity index (χ1n) is 5.04. The van der Waals surface area contributed by atoms with Crippen LogP contribution in [0.1, 0.15) is 6.42 Å². The third kappa shape index (κ3) is 2.19. The lowest BCUT2D eigenvalue weighted by Gasteiger charge is -2.17. The van der Waals surface area contributed by atoms with E-state index < -0.39 is 6.10 Å². The smallest absolute Gasteiger partial charge is 0.263 e. The Morgan fingerprint density at radius 2 is 2.27 bits per heavy atom. The third-order valence-electron chi connectivity index (χ3n) is 2.73. The second-order valence-electron chi connectivity index (χ2n) is 3.73. The number of nitrogens with zero attached hydrogens (tertiary/aromatic N) is 1. The lowest BCUT2D eigenvalue weighted by molar-refractivity contribution is -0.132. The van der Waals surface area contributed by atoms with E-state index in [1.165, 1.54) is 0 Å².